The topological polar surface area (TPSA) is 20.3 Å². The minimum atomic E-state index is -4.32. The van der Waals surface area contributed by atoms with Crippen molar-refractivity contribution in [3.05, 3.63) is 33.8 Å². The van der Waals surface area contributed by atoms with E-state index < -0.39 is 18.5 Å². The second-order valence-corrected chi connectivity index (χ2v) is 5.64. The molecule has 0 amide bonds. The zero-order valence-electron chi connectivity index (χ0n) is 10.4. The quantitative estimate of drug-likeness (QED) is 0.756. The summed E-state index contributed by atoms with van der Waals surface area (Å²) >= 11 is 11.7. The second kappa shape index (κ2) is 5.92. The highest BCUT2D eigenvalue weighted by Gasteiger charge is 2.38. The third-order valence-electron chi connectivity index (χ3n) is 3.02. The van der Waals surface area contributed by atoms with Gasteiger partial charge in [-0.1, -0.05) is 23.2 Å². The number of alkyl halides is 3. The number of carbonyl (C=O) groups is 1. The van der Waals surface area contributed by atoms with E-state index in [4.69, 9.17) is 23.2 Å². The highest BCUT2D eigenvalue weighted by Crippen LogP contribution is 2.31. The van der Waals surface area contributed by atoms with Crippen molar-refractivity contribution in [1.82, 2.24) is 4.90 Å². The number of benzene rings is 1. The smallest absolute Gasteiger partial charge is 0.293 e. The first-order valence-corrected chi connectivity index (χ1v) is 6.81. The fourth-order valence-corrected chi connectivity index (χ4v) is 2.36. The fourth-order valence-electron chi connectivity index (χ4n) is 1.96. The maximum absolute atomic E-state index is 12.5. The number of ketones is 1. The van der Waals surface area contributed by atoms with E-state index in [1.807, 2.05) is 0 Å². The normalized spacial score (nSPS) is 15.7. The predicted octanol–water partition coefficient (Wildman–Crippen LogP) is 4.20. The average molecular weight is 326 g/mol. The summed E-state index contributed by atoms with van der Waals surface area (Å²) in [7, 11) is 0. The molecule has 0 bridgehead atoms. The van der Waals surface area contributed by atoms with Gasteiger partial charge < -0.3 is 0 Å². The van der Waals surface area contributed by atoms with Crippen molar-refractivity contribution >= 4 is 29.0 Å². The first-order valence-electron chi connectivity index (χ1n) is 6.05. The molecule has 0 unspecified atom stereocenters. The second-order valence-electron chi connectivity index (χ2n) is 4.80. The number of Topliss-reactive ketones (excluding diaryl/α,β-unsaturated/α-hetero) is 1. The summed E-state index contributed by atoms with van der Waals surface area (Å²) in [5, 5.41) is 0.522. The van der Waals surface area contributed by atoms with Crippen LogP contribution in [0.2, 0.25) is 10.0 Å². The molecule has 2 nitrogen and oxygen atoms in total. The van der Waals surface area contributed by atoms with Crippen molar-refractivity contribution in [3.63, 3.8) is 0 Å². The lowest BCUT2D eigenvalue weighted by molar-refractivity contribution is -0.145. The molecule has 0 N–H and O–H groups in total. The summed E-state index contributed by atoms with van der Waals surface area (Å²) in [6.07, 6.45) is -2.94. The van der Waals surface area contributed by atoms with Gasteiger partial charge in [0.15, 0.2) is 5.78 Å². The Morgan fingerprint density at radius 2 is 1.95 bits per heavy atom. The monoisotopic (exact) mass is 325 g/mol. The van der Waals surface area contributed by atoms with Crippen molar-refractivity contribution in [2.24, 2.45) is 0 Å². The SMILES string of the molecule is O=C(CN(CC(F)(F)F)C1CC1)c1cc(Cl)ccc1Cl. The van der Waals surface area contributed by atoms with E-state index in [0.29, 0.717) is 17.9 Å². The number of carbonyl (C=O) groups excluding carboxylic acids is 1. The van der Waals surface area contributed by atoms with Crippen molar-refractivity contribution in [1.29, 1.82) is 0 Å². The van der Waals surface area contributed by atoms with Crippen LogP contribution >= 0.6 is 23.2 Å². The molecule has 0 radical (unpaired) electrons. The van der Waals surface area contributed by atoms with Crippen LogP contribution < -0.4 is 0 Å². The minimum Gasteiger partial charge on any atom is -0.293 e. The van der Waals surface area contributed by atoms with E-state index in [9.17, 15) is 18.0 Å². The van der Waals surface area contributed by atoms with E-state index in [2.05, 4.69) is 0 Å². The van der Waals surface area contributed by atoms with Crippen molar-refractivity contribution < 1.29 is 18.0 Å². The molecule has 0 aliphatic heterocycles. The minimum absolute atomic E-state index is 0.159. The van der Waals surface area contributed by atoms with Gasteiger partial charge in [-0.05, 0) is 31.0 Å². The molecule has 0 aromatic heterocycles. The van der Waals surface area contributed by atoms with E-state index in [0.717, 1.165) is 4.90 Å². The highest BCUT2D eigenvalue weighted by molar-refractivity contribution is 6.36. The molecule has 0 spiro atoms. The van der Waals surface area contributed by atoms with Gasteiger partial charge in [-0.2, -0.15) is 13.2 Å². The fraction of sp³-hybridized carbons (Fsp3) is 0.462. The summed E-state index contributed by atoms with van der Waals surface area (Å²) in [5.74, 6) is -0.450. The molecule has 1 aromatic rings. The van der Waals surface area contributed by atoms with E-state index in [1.54, 1.807) is 0 Å². The molecule has 1 aromatic carbocycles. The molecular formula is C13H12Cl2F3NO. The van der Waals surface area contributed by atoms with Gasteiger partial charge in [-0.15, -0.1) is 0 Å². The van der Waals surface area contributed by atoms with Gasteiger partial charge in [0.1, 0.15) is 0 Å². The van der Waals surface area contributed by atoms with Crippen molar-refractivity contribution in [3.8, 4) is 0 Å². The number of rotatable bonds is 5. The molecular weight excluding hydrogens is 314 g/mol. The van der Waals surface area contributed by atoms with Crippen molar-refractivity contribution in [2.45, 2.75) is 25.1 Å². The molecule has 20 heavy (non-hydrogen) atoms. The Morgan fingerprint density at radius 1 is 1.30 bits per heavy atom. The van der Waals surface area contributed by atoms with Crippen LogP contribution in [-0.2, 0) is 0 Å². The molecule has 7 heteroatoms. The summed E-state index contributed by atoms with van der Waals surface area (Å²) < 4.78 is 37.5. The van der Waals surface area contributed by atoms with Gasteiger partial charge in [-0.25, -0.2) is 0 Å². The Hall–Kier alpha value is -0.780. The van der Waals surface area contributed by atoms with E-state index in [1.165, 1.54) is 18.2 Å². The summed E-state index contributed by atoms with van der Waals surface area (Å²) in [6, 6.07) is 4.20. The van der Waals surface area contributed by atoms with Crippen LogP contribution in [0.4, 0.5) is 13.2 Å². The van der Waals surface area contributed by atoms with E-state index in [-0.39, 0.29) is 23.2 Å². The Kier molecular flexibility index (Phi) is 4.62. The standard InChI is InChI=1S/C13H12Cl2F3NO/c14-8-1-4-11(15)10(5-8)12(20)6-19(9-2-3-9)7-13(16,17)18/h1,4-5,9H,2-3,6-7H2. The maximum atomic E-state index is 12.5. The molecule has 1 aliphatic carbocycles. The lowest BCUT2D eigenvalue weighted by atomic mass is 10.1. The van der Waals surface area contributed by atoms with Crippen molar-refractivity contribution in [2.75, 3.05) is 13.1 Å². The van der Waals surface area contributed by atoms with Crippen LogP contribution in [0, 0.1) is 0 Å². The molecule has 1 aliphatic rings. The number of nitrogens with zero attached hydrogens (tertiary/aromatic N) is 1. The van der Waals surface area contributed by atoms with Crippen LogP contribution in [0.15, 0.2) is 18.2 Å². The molecule has 110 valence electrons. The third kappa shape index (κ3) is 4.36. The molecule has 0 atom stereocenters. The molecule has 0 heterocycles. The van der Waals surface area contributed by atoms with Gasteiger partial charge in [0.25, 0.3) is 0 Å². The Bertz CT molecular complexity index is 515. The van der Waals surface area contributed by atoms with Crippen LogP contribution in [0.25, 0.3) is 0 Å². The van der Waals surface area contributed by atoms with Gasteiger partial charge >= 0.3 is 6.18 Å². The lowest BCUT2D eigenvalue weighted by Crippen LogP contribution is -2.39. The van der Waals surface area contributed by atoms with Gasteiger partial charge in [0.05, 0.1) is 18.1 Å². The average Bonchev–Trinajstić information content (AvgIpc) is 3.13. The summed E-state index contributed by atoms with van der Waals surface area (Å²) in [5.41, 5.74) is 0.159. The molecule has 1 saturated carbocycles. The summed E-state index contributed by atoms with van der Waals surface area (Å²) in [6.45, 7) is -1.38. The maximum Gasteiger partial charge on any atom is 0.401 e. The lowest BCUT2D eigenvalue weighted by Gasteiger charge is -2.22. The Morgan fingerprint density at radius 3 is 2.50 bits per heavy atom. The third-order valence-corrected chi connectivity index (χ3v) is 3.59. The Labute approximate surface area is 124 Å². The molecule has 1 fully saturated rings. The van der Waals surface area contributed by atoms with Crippen LogP contribution in [0.3, 0.4) is 0 Å². The van der Waals surface area contributed by atoms with Gasteiger partial charge in [-0.3, -0.25) is 9.69 Å². The van der Waals surface area contributed by atoms with E-state index >= 15 is 0 Å². The Balaban J connectivity index is 2.10. The van der Waals surface area contributed by atoms with Crippen LogP contribution in [0.1, 0.15) is 23.2 Å². The first kappa shape index (κ1) is 15.6. The number of hydrogen-bond acceptors (Lipinski definition) is 2. The molecule has 0 saturated heterocycles. The summed E-state index contributed by atoms with van der Waals surface area (Å²) in [4.78, 5) is 13.2. The highest BCUT2D eigenvalue weighted by atomic mass is 35.5. The van der Waals surface area contributed by atoms with Gasteiger partial charge in [0.2, 0.25) is 0 Å². The predicted molar refractivity (Wildman–Crippen MR) is 71.4 cm³/mol. The zero-order valence-corrected chi connectivity index (χ0v) is 11.9. The number of halogens is 5. The molecule has 2 rings (SSSR count). The van der Waals surface area contributed by atoms with Crippen LogP contribution in [0.5, 0.6) is 0 Å². The van der Waals surface area contributed by atoms with Crippen LogP contribution in [-0.4, -0.2) is 36.0 Å². The largest absolute Gasteiger partial charge is 0.401 e. The number of hydrogen-bond donors (Lipinski definition) is 0. The first-order chi connectivity index (χ1) is 9.26. The van der Waals surface area contributed by atoms with Gasteiger partial charge in [0, 0.05) is 16.6 Å². The zero-order chi connectivity index (χ0) is 14.9.